The van der Waals surface area contributed by atoms with E-state index < -0.39 is 0 Å². The second-order valence-corrected chi connectivity index (χ2v) is 5.73. The topological polar surface area (TPSA) is 26.3 Å². The van der Waals surface area contributed by atoms with Gasteiger partial charge in [-0.25, -0.2) is 4.79 Å². The molecule has 124 valence electrons. The summed E-state index contributed by atoms with van der Waals surface area (Å²) < 4.78 is 5.12. The van der Waals surface area contributed by atoms with Crippen molar-refractivity contribution in [3.05, 3.63) is 97.1 Å². The van der Waals surface area contributed by atoms with Crippen LogP contribution in [0.25, 0.3) is 22.3 Å². The molecule has 0 amide bonds. The van der Waals surface area contributed by atoms with Crippen LogP contribution in [0.1, 0.15) is 5.56 Å². The monoisotopic (exact) mass is 328 g/mol. The van der Waals surface area contributed by atoms with Gasteiger partial charge in [0, 0.05) is 12.5 Å². The zero-order valence-electron chi connectivity index (χ0n) is 14.0. The van der Waals surface area contributed by atoms with Crippen molar-refractivity contribution in [2.24, 2.45) is 0 Å². The fourth-order valence-corrected chi connectivity index (χ4v) is 2.84. The Morgan fingerprint density at radius 2 is 1.52 bits per heavy atom. The summed E-state index contributed by atoms with van der Waals surface area (Å²) in [5, 5.41) is 0. The summed E-state index contributed by atoms with van der Waals surface area (Å²) in [4.78, 5) is 11.2. The Hall–Kier alpha value is -3.13. The molecule has 0 aromatic heterocycles. The maximum Gasteiger partial charge on any atom is 0.330 e. The molecule has 0 aliphatic heterocycles. The second kappa shape index (κ2) is 8.11. The summed E-state index contributed by atoms with van der Waals surface area (Å²) in [5.74, 6) is -0.386. The van der Waals surface area contributed by atoms with E-state index in [9.17, 15) is 4.79 Å². The van der Waals surface area contributed by atoms with Gasteiger partial charge in [-0.15, -0.1) is 0 Å². The minimum absolute atomic E-state index is 0.347. The lowest BCUT2D eigenvalue weighted by Crippen LogP contribution is -2.05. The van der Waals surface area contributed by atoms with Gasteiger partial charge in [-0.2, -0.15) is 0 Å². The van der Waals surface area contributed by atoms with E-state index in [0.717, 1.165) is 16.7 Å². The third-order valence-corrected chi connectivity index (χ3v) is 4.08. The van der Waals surface area contributed by atoms with Gasteiger partial charge in [0.05, 0.1) is 6.61 Å². The number of benzene rings is 3. The molecule has 0 atom stereocenters. The van der Waals surface area contributed by atoms with Crippen LogP contribution in [0.15, 0.2) is 91.5 Å². The molecule has 0 N–H and O–H groups in total. The fraction of sp³-hybridized carbons (Fsp3) is 0.0870. The molecule has 0 bridgehead atoms. The Kier molecular flexibility index (Phi) is 5.43. The van der Waals surface area contributed by atoms with Crippen LogP contribution in [0.5, 0.6) is 0 Å². The number of hydrogen-bond acceptors (Lipinski definition) is 2. The average molecular weight is 328 g/mol. The van der Waals surface area contributed by atoms with Crippen LogP contribution in [0.4, 0.5) is 0 Å². The van der Waals surface area contributed by atoms with E-state index in [1.165, 1.54) is 17.2 Å². The van der Waals surface area contributed by atoms with Gasteiger partial charge in [0.2, 0.25) is 0 Å². The normalized spacial score (nSPS) is 10.2. The van der Waals surface area contributed by atoms with Crippen molar-refractivity contribution >= 4 is 5.97 Å². The Morgan fingerprint density at radius 3 is 2.32 bits per heavy atom. The second-order valence-electron chi connectivity index (χ2n) is 5.73. The molecule has 3 aromatic rings. The molecule has 0 radical (unpaired) electrons. The zero-order valence-corrected chi connectivity index (χ0v) is 14.0. The lowest BCUT2D eigenvalue weighted by molar-refractivity contribution is -0.137. The lowest BCUT2D eigenvalue weighted by Gasteiger charge is -2.11. The van der Waals surface area contributed by atoms with Gasteiger partial charge in [0.15, 0.2) is 0 Å². The van der Waals surface area contributed by atoms with E-state index in [2.05, 4.69) is 55.1 Å². The van der Waals surface area contributed by atoms with E-state index >= 15 is 0 Å². The first-order valence-electron chi connectivity index (χ1n) is 8.31. The minimum atomic E-state index is -0.386. The average Bonchev–Trinajstić information content (AvgIpc) is 2.69. The molecule has 3 rings (SSSR count). The molecular formula is C23H20O2. The predicted molar refractivity (Wildman–Crippen MR) is 102 cm³/mol. The quantitative estimate of drug-likeness (QED) is 0.454. The summed E-state index contributed by atoms with van der Waals surface area (Å²) in [7, 11) is 0. The SMILES string of the molecule is C=CC(=O)OCCc1ccccc1-c1cccc(-c2ccccc2)c1. The summed E-state index contributed by atoms with van der Waals surface area (Å²) in [6.07, 6.45) is 1.86. The highest BCUT2D eigenvalue weighted by Gasteiger charge is 2.07. The van der Waals surface area contributed by atoms with Gasteiger partial charge in [-0.05, 0) is 33.9 Å². The Labute approximate surface area is 148 Å². The largest absolute Gasteiger partial charge is 0.462 e. The molecule has 0 fully saturated rings. The van der Waals surface area contributed by atoms with Crippen LogP contribution in [-0.4, -0.2) is 12.6 Å². The molecule has 0 spiro atoms. The number of rotatable bonds is 6. The molecule has 0 heterocycles. The third kappa shape index (κ3) is 4.24. The van der Waals surface area contributed by atoms with Crippen LogP contribution in [0.2, 0.25) is 0 Å². The molecule has 0 aliphatic rings. The highest BCUT2D eigenvalue weighted by molar-refractivity contribution is 5.81. The minimum Gasteiger partial charge on any atom is -0.462 e. The first kappa shape index (κ1) is 16.7. The third-order valence-electron chi connectivity index (χ3n) is 4.08. The number of esters is 1. The van der Waals surface area contributed by atoms with Crippen molar-refractivity contribution in [2.75, 3.05) is 6.61 Å². The van der Waals surface area contributed by atoms with E-state index in [4.69, 9.17) is 4.74 Å². The number of hydrogen-bond donors (Lipinski definition) is 0. The fourth-order valence-electron chi connectivity index (χ4n) is 2.84. The van der Waals surface area contributed by atoms with Crippen molar-refractivity contribution in [1.82, 2.24) is 0 Å². The maximum absolute atomic E-state index is 11.2. The molecule has 0 aliphatic carbocycles. The van der Waals surface area contributed by atoms with Crippen molar-refractivity contribution in [2.45, 2.75) is 6.42 Å². The van der Waals surface area contributed by atoms with E-state index in [0.29, 0.717) is 13.0 Å². The standard InChI is InChI=1S/C23H20O2/c1-2-23(24)25-16-15-19-11-6-7-14-22(19)21-13-8-12-20(17-21)18-9-4-3-5-10-18/h2-14,17H,1,15-16H2. The smallest absolute Gasteiger partial charge is 0.330 e. The molecule has 2 nitrogen and oxygen atoms in total. The maximum atomic E-state index is 11.2. The van der Waals surface area contributed by atoms with Crippen LogP contribution < -0.4 is 0 Å². The molecular weight excluding hydrogens is 308 g/mol. The van der Waals surface area contributed by atoms with Crippen LogP contribution in [-0.2, 0) is 16.0 Å². The van der Waals surface area contributed by atoms with Gasteiger partial charge in [0.1, 0.15) is 0 Å². The van der Waals surface area contributed by atoms with E-state index in [1.807, 2.05) is 30.3 Å². The Bertz CT molecular complexity index is 866. The molecule has 2 heteroatoms. The van der Waals surface area contributed by atoms with Gasteiger partial charge >= 0.3 is 5.97 Å². The first-order valence-corrected chi connectivity index (χ1v) is 8.31. The lowest BCUT2D eigenvalue weighted by atomic mass is 9.95. The van der Waals surface area contributed by atoms with E-state index in [1.54, 1.807) is 0 Å². The van der Waals surface area contributed by atoms with Crippen molar-refractivity contribution in [3.8, 4) is 22.3 Å². The van der Waals surface area contributed by atoms with Gasteiger partial charge in [0.25, 0.3) is 0 Å². The number of carbonyl (C=O) groups is 1. The van der Waals surface area contributed by atoms with Crippen LogP contribution in [0.3, 0.4) is 0 Å². The van der Waals surface area contributed by atoms with Crippen molar-refractivity contribution in [1.29, 1.82) is 0 Å². The van der Waals surface area contributed by atoms with Crippen molar-refractivity contribution in [3.63, 3.8) is 0 Å². The molecule has 0 saturated carbocycles. The molecule has 0 saturated heterocycles. The van der Waals surface area contributed by atoms with Gasteiger partial charge < -0.3 is 4.74 Å². The molecule has 25 heavy (non-hydrogen) atoms. The van der Waals surface area contributed by atoms with E-state index in [-0.39, 0.29) is 5.97 Å². The Morgan fingerprint density at radius 1 is 0.840 bits per heavy atom. The number of carbonyl (C=O) groups excluding carboxylic acids is 1. The summed E-state index contributed by atoms with van der Waals surface area (Å²) in [6, 6.07) is 27.1. The zero-order chi connectivity index (χ0) is 17.5. The highest BCUT2D eigenvalue weighted by atomic mass is 16.5. The van der Waals surface area contributed by atoms with Gasteiger partial charge in [-0.3, -0.25) is 0 Å². The first-order chi connectivity index (χ1) is 12.3. The summed E-state index contributed by atoms with van der Waals surface area (Å²) >= 11 is 0. The molecule has 0 unspecified atom stereocenters. The predicted octanol–water partition coefficient (Wildman–Crippen LogP) is 5.29. The molecule has 3 aromatic carbocycles. The van der Waals surface area contributed by atoms with Crippen LogP contribution >= 0.6 is 0 Å². The Balaban J connectivity index is 1.87. The van der Waals surface area contributed by atoms with Crippen molar-refractivity contribution < 1.29 is 9.53 Å². The summed E-state index contributed by atoms with van der Waals surface area (Å²) in [6.45, 7) is 3.76. The highest BCUT2D eigenvalue weighted by Crippen LogP contribution is 2.28. The summed E-state index contributed by atoms with van der Waals surface area (Å²) in [5.41, 5.74) is 5.86. The number of ether oxygens (including phenoxy) is 1. The van der Waals surface area contributed by atoms with Crippen LogP contribution in [0, 0.1) is 0 Å². The van der Waals surface area contributed by atoms with Gasteiger partial charge in [-0.1, -0.05) is 79.4 Å².